The van der Waals surface area contributed by atoms with E-state index in [0.717, 1.165) is 18.1 Å². The summed E-state index contributed by atoms with van der Waals surface area (Å²) in [6.07, 6.45) is 0. The van der Waals surface area contributed by atoms with Gasteiger partial charge < -0.3 is 5.32 Å². The van der Waals surface area contributed by atoms with Crippen molar-refractivity contribution in [3.05, 3.63) is 0 Å². The lowest BCUT2D eigenvalue weighted by Crippen LogP contribution is -2.54. The number of rotatable bonds is 10. The molecule has 0 aliphatic carbocycles. The Kier molecular flexibility index (Phi) is 9.95. The van der Waals surface area contributed by atoms with Gasteiger partial charge in [-0.15, -0.1) is 0 Å². The fraction of sp³-hybridized carbons (Fsp3) is 0.875. The van der Waals surface area contributed by atoms with E-state index in [4.69, 9.17) is 0 Å². The predicted molar refractivity (Wildman–Crippen MR) is 91.7 cm³/mol. The third kappa shape index (κ3) is 7.32. The van der Waals surface area contributed by atoms with Crippen molar-refractivity contribution in [2.24, 2.45) is 11.8 Å². The maximum absolute atomic E-state index is 12.6. The van der Waals surface area contributed by atoms with E-state index in [1.54, 1.807) is 0 Å². The number of carbonyl (C=O) groups excluding carboxylic acids is 2. The molecular formula is C16H32N2O2S. The van der Waals surface area contributed by atoms with E-state index in [-0.39, 0.29) is 29.6 Å². The molecule has 0 aliphatic heterocycles. The van der Waals surface area contributed by atoms with Crippen molar-refractivity contribution >= 4 is 23.5 Å². The number of hydrogen-bond acceptors (Lipinski definition) is 4. The van der Waals surface area contributed by atoms with Crippen LogP contribution in [0.1, 0.15) is 41.5 Å². The lowest BCUT2D eigenvalue weighted by molar-refractivity contribution is -0.132. The third-order valence-corrected chi connectivity index (χ3v) is 4.45. The van der Waals surface area contributed by atoms with E-state index in [9.17, 15) is 9.59 Å². The van der Waals surface area contributed by atoms with Crippen LogP contribution in [0.2, 0.25) is 0 Å². The molecule has 0 aromatic heterocycles. The molecule has 1 unspecified atom stereocenters. The van der Waals surface area contributed by atoms with Crippen LogP contribution < -0.4 is 5.32 Å². The molecule has 0 spiro atoms. The number of carbonyl (C=O) groups is 2. The van der Waals surface area contributed by atoms with Crippen molar-refractivity contribution in [1.29, 1.82) is 0 Å². The molecule has 124 valence electrons. The summed E-state index contributed by atoms with van der Waals surface area (Å²) in [4.78, 5) is 26.3. The second-order valence-electron chi connectivity index (χ2n) is 6.21. The van der Waals surface area contributed by atoms with Crippen LogP contribution in [0.25, 0.3) is 0 Å². The second-order valence-corrected chi connectivity index (χ2v) is 7.60. The molecule has 0 heterocycles. The molecular weight excluding hydrogens is 284 g/mol. The normalized spacial score (nSPS) is 14.6. The summed E-state index contributed by atoms with van der Waals surface area (Å²) < 4.78 is 0. The van der Waals surface area contributed by atoms with E-state index >= 15 is 0 Å². The summed E-state index contributed by atoms with van der Waals surface area (Å²) in [6.45, 7) is 12.6. The van der Waals surface area contributed by atoms with Crippen molar-refractivity contribution in [2.75, 3.05) is 25.1 Å². The van der Waals surface area contributed by atoms with Crippen LogP contribution in [0.15, 0.2) is 0 Å². The molecule has 0 bridgehead atoms. The number of Topliss-reactive ketones (excluding diaryl/α,β-unsaturated/α-hetero) is 1. The highest BCUT2D eigenvalue weighted by Crippen LogP contribution is 2.12. The summed E-state index contributed by atoms with van der Waals surface area (Å²) >= 11 is 1.87. The van der Waals surface area contributed by atoms with Crippen LogP contribution >= 0.6 is 11.8 Å². The number of likely N-dealkylation sites (N-methyl/N-ethyl adjacent to an activating group) is 1. The van der Waals surface area contributed by atoms with Gasteiger partial charge in [-0.05, 0) is 31.6 Å². The average molecular weight is 317 g/mol. The molecule has 0 radical (unpaired) electrons. The van der Waals surface area contributed by atoms with Gasteiger partial charge in [0.2, 0.25) is 5.91 Å². The molecule has 0 aromatic rings. The number of thioether (sulfide) groups is 1. The summed E-state index contributed by atoms with van der Waals surface area (Å²) in [5, 5.41) is 2.93. The maximum Gasteiger partial charge on any atom is 0.238 e. The molecule has 4 nitrogen and oxygen atoms in total. The molecule has 0 fully saturated rings. The van der Waals surface area contributed by atoms with Gasteiger partial charge in [0.15, 0.2) is 5.78 Å². The van der Waals surface area contributed by atoms with Crippen molar-refractivity contribution in [2.45, 2.75) is 53.6 Å². The van der Waals surface area contributed by atoms with E-state index in [1.165, 1.54) is 6.92 Å². The lowest BCUT2D eigenvalue weighted by Gasteiger charge is -2.32. The Morgan fingerprint density at radius 2 is 1.71 bits per heavy atom. The fourth-order valence-electron chi connectivity index (χ4n) is 2.48. The van der Waals surface area contributed by atoms with Crippen molar-refractivity contribution in [1.82, 2.24) is 10.2 Å². The molecule has 0 saturated carbocycles. The summed E-state index contributed by atoms with van der Waals surface area (Å²) in [5.41, 5.74) is 0. The van der Waals surface area contributed by atoms with Gasteiger partial charge in [-0.25, -0.2) is 0 Å². The van der Waals surface area contributed by atoms with Gasteiger partial charge in [0.1, 0.15) is 0 Å². The zero-order valence-corrected chi connectivity index (χ0v) is 15.4. The molecule has 1 N–H and O–H groups in total. The van der Waals surface area contributed by atoms with Crippen molar-refractivity contribution in [3.8, 4) is 0 Å². The minimum atomic E-state index is -0.392. The molecule has 21 heavy (non-hydrogen) atoms. The first kappa shape index (κ1) is 20.5. The van der Waals surface area contributed by atoms with Gasteiger partial charge >= 0.3 is 0 Å². The van der Waals surface area contributed by atoms with Gasteiger partial charge in [0, 0.05) is 12.3 Å². The molecule has 2 atom stereocenters. The average Bonchev–Trinajstić information content (AvgIpc) is 2.35. The Bertz CT molecular complexity index is 332. The zero-order valence-electron chi connectivity index (χ0n) is 14.6. The first-order chi connectivity index (χ1) is 9.72. The van der Waals surface area contributed by atoms with Gasteiger partial charge in [-0.2, -0.15) is 11.8 Å². The largest absolute Gasteiger partial charge is 0.345 e. The Morgan fingerprint density at radius 1 is 1.14 bits per heavy atom. The van der Waals surface area contributed by atoms with E-state index in [2.05, 4.69) is 17.1 Å². The predicted octanol–water partition coefficient (Wildman–Crippen LogP) is 2.43. The molecule has 5 heteroatoms. The first-order valence-electron chi connectivity index (χ1n) is 7.81. The molecule has 0 saturated heterocycles. The number of amides is 1. The Morgan fingerprint density at radius 3 is 2.10 bits per heavy atom. The summed E-state index contributed by atoms with van der Waals surface area (Å²) in [5.74, 6) is 2.41. The SMILES string of the molecule is CCSCCN(C)C(C(=O)N[C@H](C(C)=O)C(C)C)C(C)C. The van der Waals surface area contributed by atoms with E-state index < -0.39 is 6.04 Å². The fourth-order valence-corrected chi connectivity index (χ4v) is 3.19. The van der Waals surface area contributed by atoms with Crippen molar-refractivity contribution in [3.63, 3.8) is 0 Å². The monoisotopic (exact) mass is 316 g/mol. The van der Waals surface area contributed by atoms with Crippen LogP contribution in [0.3, 0.4) is 0 Å². The molecule has 0 aromatic carbocycles. The highest BCUT2D eigenvalue weighted by molar-refractivity contribution is 7.99. The number of nitrogens with one attached hydrogen (secondary N) is 1. The minimum Gasteiger partial charge on any atom is -0.345 e. The van der Waals surface area contributed by atoms with Crippen LogP contribution in [0.5, 0.6) is 0 Å². The first-order valence-corrected chi connectivity index (χ1v) is 8.96. The van der Waals surface area contributed by atoms with Gasteiger partial charge in [0.05, 0.1) is 12.1 Å². The summed E-state index contributed by atoms with van der Waals surface area (Å²) in [7, 11) is 1.98. The van der Waals surface area contributed by atoms with E-state index in [1.807, 2.05) is 46.5 Å². The van der Waals surface area contributed by atoms with Crippen LogP contribution in [0, 0.1) is 11.8 Å². The quantitative estimate of drug-likeness (QED) is 0.629. The molecule has 0 aliphatic rings. The topological polar surface area (TPSA) is 49.4 Å². The lowest BCUT2D eigenvalue weighted by atomic mass is 9.97. The van der Waals surface area contributed by atoms with Gasteiger partial charge in [-0.1, -0.05) is 34.6 Å². The molecule has 1 amide bonds. The summed E-state index contributed by atoms with van der Waals surface area (Å²) in [6, 6.07) is -0.583. The van der Waals surface area contributed by atoms with Gasteiger partial charge in [0.25, 0.3) is 0 Å². The standard InChI is InChI=1S/C16H32N2O2S/c1-8-21-10-9-18(7)15(12(4)5)16(20)17-14(11(2)3)13(6)19/h11-12,14-15H,8-10H2,1-7H3,(H,17,20)/t14-,15?/m0/s1. The number of ketones is 1. The van der Waals surface area contributed by atoms with Crippen LogP contribution in [-0.2, 0) is 9.59 Å². The van der Waals surface area contributed by atoms with Gasteiger partial charge in [-0.3, -0.25) is 14.5 Å². The second kappa shape index (κ2) is 10.2. The smallest absolute Gasteiger partial charge is 0.238 e. The Balaban J connectivity index is 4.78. The highest BCUT2D eigenvalue weighted by Gasteiger charge is 2.30. The number of hydrogen-bond donors (Lipinski definition) is 1. The Labute approximate surface area is 134 Å². The van der Waals surface area contributed by atoms with E-state index in [0.29, 0.717) is 0 Å². The maximum atomic E-state index is 12.6. The highest BCUT2D eigenvalue weighted by atomic mass is 32.2. The van der Waals surface area contributed by atoms with Crippen molar-refractivity contribution < 1.29 is 9.59 Å². The third-order valence-electron chi connectivity index (χ3n) is 3.57. The number of nitrogens with zero attached hydrogens (tertiary/aromatic N) is 1. The van der Waals surface area contributed by atoms with Crippen LogP contribution in [-0.4, -0.2) is 53.8 Å². The Hall–Kier alpha value is -0.550. The molecule has 0 rings (SSSR count). The minimum absolute atomic E-state index is 0.0186. The van der Waals surface area contributed by atoms with Crippen LogP contribution in [0.4, 0.5) is 0 Å². The zero-order chi connectivity index (χ0) is 16.6.